The lowest BCUT2D eigenvalue weighted by molar-refractivity contribution is -0.114. The molecule has 0 aromatic heterocycles. The summed E-state index contributed by atoms with van der Waals surface area (Å²) in [5.41, 5.74) is 0. The maximum atomic E-state index is 5.83. The summed E-state index contributed by atoms with van der Waals surface area (Å²) in [5, 5.41) is 0. The van der Waals surface area contributed by atoms with E-state index in [1.165, 1.54) is 0 Å². The Morgan fingerprint density at radius 1 is 0.929 bits per heavy atom. The minimum absolute atomic E-state index is 0.0277. The molecule has 0 aromatic carbocycles. The molecule has 1 fully saturated rings. The van der Waals surface area contributed by atoms with Crippen molar-refractivity contribution in [1.82, 2.24) is 0 Å². The fourth-order valence-corrected chi connectivity index (χ4v) is 2.23. The molecule has 5 atom stereocenters. The summed E-state index contributed by atoms with van der Waals surface area (Å²) in [6.07, 6.45) is 7.31. The van der Waals surface area contributed by atoms with E-state index in [9.17, 15) is 0 Å². The molecule has 1 aliphatic carbocycles. The molecule has 1 heterocycles. The van der Waals surface area contributed by atoms with Crippen LogP contribution in [0.2, 0.25) is 0 Å². The molecule has 2 aliphatic rings. The molecule has 0 N–H and O–H groups in total. The second kappa shape index (κ2) is 4.03. The smallest absolute Gasteiger partial charge is 0.161 e. The minimum Gasteiger partial charge on any atom is -0.347 e. The van der Waals surface area contributed by atoms with Crippen LogP contribution in [0.3, 0.4) is 0 Å². The maximum absolute atomic E-state index is 5.83. The summed E-state index contributed by atoms with van der Waals surface area (Å²) < 4.78 is 11.7. The third-order valence-corrected chi connectivity index (χ3v) is 3.52. The standard InChI is InChI=1S/C12H20O2/c1-8-6-4-5-7-11(8)12-13-9(2)10(3)14-12/h4-5,8-12H,6-7H2,1-3H3/t8-,9-,10+,11+,12?/m0/s1. The van der Waals surface area contributed by atoms with Crippen LogP contribution < -0.4 is 0 Å². The molecule has 1 unspecified atom stereocenters. The van der Waals surface area contributed by atoms with Crippen molar-refractivity contribution >= 4 is 0 Å². The fourth-order valence-electron chi connectivity index (χ4n) is 2.23. The van der Waals surface area contributed by atoms with Gasteiger partial charge in [-0.25, -0.2) is 0 Å². The highest BCUT2D eigenvalue weighted by Gasteiger charge is 2.37. The van der Waals surface area contributed by atoms with E-state index in [0.29, 0.717) is 11.8 Å². The van der Waals surface area contributed by atoms with Crippen LogP contribution in [0, 0.1) is 11.8 Å². The van der Waals surface area contributed by atoms with Gasteiger partial charge in [0.05, 0.1) is 12.2 Å². The highest BCUT2D eigenvalue weighted by Crippen LogP contribution is 2.34. The SMILES string of the molecule is C[C@@H]1OC([C@@H]2CC=CC[C@@H]2C)O[C@@H]1C. The molecule has 2 rings (SSSR count). The van der Waals surface area contributed by atoms with E-state index in [1.807, 2.05) is 0 Å². The predicted molar refractivity (Wildman–Crippen MR) is 55.9 cm³/mol. The van der Waals surface area contributed by atoms with Crippen LogP contribution in [0.4, 0.5) is 0 Å². The summed E-state index contributed by atoms with van der Waals surface area (Å²) in [6, 6.07) is 0. The van der Waals surface area contributed by atoms with Crippen LogP contribution in [0.25, 0.3) is 0 Å². The topological polar surface area (TPSA) is 18.5 Å². The van der Waals surface area contributed by atoms with Crippen LogP contribution >= 0.6 is 0 Å². The van der Waals surface area contributed by atoms with E-state index in [0.717, 1.165) is 12.8 Å². The Kier molecular flexibility index (Phi) is 2.93. The van der Waals surface area contributed by atoms with E-state index in [4.69, 9.17) is 9.47 Å². The Balaban J connectivity index is 1.98. The molecule has 1 saturated heterocycles. The third-order valence-electron chi connectivity index (χ3n) is 3.52. The van der Waals surface area contributed by atoms with Gasteiger partial charge in [-0.15, -0.1) is 0 Å². The summed E-state index contributed by atoms with van der Waals surface area (Å²) in [5.74, 6) is 1.23. The van der Waals surface area contributed by atoms with Crippen LogP contribution in [0.15, 0.2) is 12.2 Å². The molecular formula is C12H20O2. The Labute approximate surface area is 86.3 Å². The molecule has 80 valence electrons. The van der Waals surface area contributed by atoms with E-state index in [-0.39, 0.29) is 18.5 Å². The molecule has 0 aromatic rings. The zero-order valence-corrected chi connectivity index (χ0v) is 9.27. The quantitative estimate of drug-likeness (QED) is 0.600. The molecule has 2 nitrogen and oxygen atoms in total. The first-order valence-corrected chi connectivity index (χ1v) is 5.64. The lowest BCUT2D eigenvalue weighted by atomic mass is 9.84. The number of hydrogen-bond donors (Lipinski definition) is 0. The molecule has 0 saturated carbocycles. The van der Waals surface area contributed by atoms with Gasteiger partial charge in [0, 0.05) is 5.92 Å². The second-order valence-corrected chi connectivity index (χ2v) is 4.63. The van der Waals surface area contributed by atoms with Crippen LogP contribution in [0.1, 0.15) is 33.6 Å². The number of rotatable bonds is 1. The highest BCUT2D eigenvalue weighted by molar-refractivity contribution is 4.95. The number of allylic oxidation sites excluding steroid dienone is 2. The molecule has 1 aliphatic heterocycles. The molecule has 2 heteroatoms. The van der Waals surface area contributed by atoms with Crippen molar-refractivity contribution in [2.45, 2.75) is 52.1 Å². The monoisotopic (exact) mass is 196 g/mol. The van der Waals surface area contributed by atoms with Crippen molar-refractivity contribution in [2.75, 3.05) is 0 Å². The normalized spacial score (nSPS) is 48.4. The first-order chi connectivity index (χ1) is 6.68. The van der Waals surface area contributed by atoms with Gasteiger partial charge < -0.3 is 9.47 Å². The number of ether oxygens (including phenoxy) is 2. The fraction of sp³-hybridized carbons (Fsp3) is 0.833. The largest absolute Gasteiger partial charge is 0.347 e. The first-order valence-electron chi connectivity index (χ1n) is 5.64. The van der Waals surface area contributed by atoms with E-state index in [2.05, 4.69) is 32.9 Å². The van der Waals surface area contributed by atoms with Gasteiger partial charge in [0.2, 0.25) is 0 Å². The molecule has 0 spiro atoms. The lowest BCUT2D eigenvalue weighted by Crippen LogP contribution is -2.29. The van der Waals surface area contributed by atoms with E-state index < -0.39 is 0 Å². The lowest BCUT2D eigenvalue weighted by Gasteiger charge is -2.29. The van der Waals surface area contributed by atoms with Crippen molar-refractivity contribution < 1.29 is 9.47 Å². The highest BCUT2D eigenvalue weighted by atomic mass is 16.7. The molecule has 0 bridgehead atoms. The van der Waals surface area contributed by atoms with Gasteiger partial charge >= 0.3 is 0 Å². The summed E-state index contributed by atoms with van der Waals surface area (Å²) in [7, 11) is 0. The van der Waals surface area contributed by atoms with Crippen molar-refractivity contribution in [3.8, 4) is 0 Å². The Hall–Kier alpha value is -0.340. The molecular weight excluding hydrogens is 176 g/mol. The zero-order chi connectivity index (χ0) is 10.1. The van der Waals surface area contributed by atoms with Crippen LogP contribution in [0.5, 0.6) is 0 Å². The Morgan fingerprint density at radius 2 is 1.50 bits per heavy atom. The number of hydrogen-bond acceptors (Lipinski definition) is 2. The maximum Gasteiger partial charge on any atom is 0.161 e. The van der Waals surface area contributed by atoms with Gasteiger partial charge in [0.1, 0.15) is 0 Å². The van der Waals surface area contributed by atoms with Crippen molar-refractivity contribution in [2.24, 2.45) is 11.8 Å². The average Bonchev–Trinajstić information content (AvgIpc) is 2.48. The van der Waals surface area contributed by atoms with Gasteiger partial charge in [0.25, 0.3) is 0 Å². The summed E-state index contributed by atoms with van der Waals surface area (Å²) in [6.45, 7) is 6.47. The van der Waals surface area contributed by atoms with E-state index >= 15 is 0 Å². The second-order valence-electron chi connectivity index (χ2n) is 4.63. The molecule has 14 heavy (non-hydrogen) atoms. The van der Waals surface area contributed by atoms with Gasteiger partial charge in [-0.2, -0.15) is 0 Å². The van der Waals surface area contributed by atoms with Gasteiger partial charge in [-0.1, -0.05) is 19.1 Å². The average molecular weight is 196 g/mol. The third kappa shape index (κ3) is 1.86. The van der Waals surface area contributed by atoms with Crippen molar-refractivity contribution in [3.63, 3.8) is 0 Å². The Morgan fingerprint density at radius 3 is 2.07 bits per heavy atom. The molecule has 0 radical (unpaired) electrons. The van der Waals surface area contributed by atoms with Gasteiger partial charge in [-0.05, 0) is 32.6 Å². The molecule has 0 amide bonds. The van der Waals surface area contributed by atoms with Crippen molar-refractivity contribution in [3.05, 3.63) is 12.2 Å². The van der Waals surface area contributed by atoms with Crippen LogP contribution in [-0.2, 0) is 9.47 Å². The van der Waals surface area contributed by atoms with Crippen molar-refractivity contribution in [1.29, 1.82) is 0 Å². The van der Waals surface area contributed by atoms with E-state index in [1.54, 1.807) is 0 Å². The predicted octanol–water partition coefficient (Wildman–Crippen LogP) is 2.74. The Bertz CT molecular complexity index is 214. The summed E-state index contributed by atoms with van der Waals surface area (Å²) >= 11 is 0. The minimum atomic E-state index is 0.0277. The van der Waals surface area contributed by atoms with Gasteiger partial charge in [0.15, 0.2) is 6.29 Å². The van der Waals surface area contributed by atoms with Gasteiger partial charge in [-0.3, -0.25) is 0 Å². The zero-order valence-electron chi connectivity index (χ0n) is 9.27. The van der Waals surface area contributed by atoms with Crippen LogP contribution in [-0.4, -0.2) is 18.5 Å². The first kappa shape index (κ1) is 10.2. The summed E-state index contributed by atoms with van der Waals surface area (Å²) in [4.78, 5) is 0.